The minimum Gasteiger partial charge on any atom is -0.396 e. The van der Waals surface area contributed by atoms with Crippen molar-refractivity contribution in [2.45, 2.75) is 40.4 Å². The SMILES string of the molecule is CC=C(C)C(F)OC(=O)OC(F)C(C)=CC. The molecule has 0 fully saturated rings. The number of halogens is 2. The summed E-state index contributed by atoms with van der Waals surface area (Å²) in [4.78, 5) is 10.9. The first kappa shape index (κ1) is 14.6. The van der Waals surface area contributed by atoms with Gasteiger partial charge in [0.05, 0.1) is 0 Å². The minimum atomic E-state index is -1.91. The maximum atomic E-state index is 13.1. The minimum absolute atomic E-state index is 0.218. The zero-order chi connectivity index (χ0) is 12.7. The average Bonchev–Trinajstić information content (AvgIpc) is 2.26. The lowest BCUT2D eigenvalue weighted by Gasteiger charge is -2.13. The molecule has 0 radical (unpaired) electrons. The van der Waals surface area contributed by atoms with Crippen molar-refractivity contribution < 1.29 is 23.0 Å². The van der Waals surface area contributed by atoms with Gasteiger partial charge >= 0.3 is 6.16 Å². The van der Waals surface area contributed by atoms with E-state index in [4.69, 9.17) is 0 Å². The first-order valence-corrected chi connectivity index (χ1v) is 4.83. The zero-order valence-corrected chi connectivity index (χ0v) is 9.79. The summed E-state index contributed by atoms with van der Waals surface area (Å²) < 4.78 is 34.5. The number of hydrogen-bond donors (Lipinski definition) is 0. The summed E-state index contributed by atoms with van der Waals surface area (Å²) in [5.74, 6) is 0. The Morgan fingerprint density at radius 3 is 1.56 bits per heavy atom. The van der Waals surface area contributed by atoms with Crippen LogP contribution in [-0.2, 0) is 9.47 Å². The van der Waals surface area contributed by atoms with Gasteiger partial charge in [-0.25, -0.2) is 4.79 Å². The molecule has 0 aliphatic heterocycles. The van der Waals surface area contributed by atoms with Gasteiger partial charge in [-0.15, -0.1) is 0 Å². The van der Waals surface area contributed by atoms with E-state index in [1.807, 2.05) is 0 Å². The van der Waals surface area contributed by atoms with Gasteiger partial charge in [-0.05, 0) is 38.8 Å². The molecule has 0 bridgehead atoms. The molecule has 2 unspecified atom stereocenters. The highest BCUT2D eigenvalue weighted by atomic mass is 19.2. The van der Waals surface area contributed by atoms with Crippen LogP contribution in [0.3, 0.4) is 0 Å². The molecule has 3 nitrogen and oxygen atoms in total. The summed E-state index contributed by atoms with van der Waals surface area (Å²) in [6.07, 6.45) is -2.29. The third-order valence-corrected chi connectivity index (χ3v) is 2.03. The lowest BCUT2D eigenvalue weighted by atomic mass is 10.3. The van der Waals surface area contributed by atoms with Crippen molar-refractivity contribution in [2.24, 2.45) is 0 Å². The first-order chi connectivity index (χ1) is 7.42. The highest BCUT2D eigenvalue weighted by Gasteiger charge is 2.20. The van der Waals surface area contributed by atoms with Crippen molar-refractivity contribution in [3.05, 3.63) is 23.3 Å². The molecule has 0 spiro atoms. The van der Waals surface area contributed by atoms with E-state index in [9.17, 15) is 13.6 Å². The predicted molar refractivity (Wildman–Crippen MR) is 56.2 cm³/mol. The first-order valence-electron chi connectivity index (χ1n) is 4.83. The van der Waals surface area contributed by atoms with Crippen LogP contribution in [0.4, 0.5) is 13.6 Å². The number of allylic oxidation sites excluding steroid dienone is 2. The van der Waals surface area contributed by atoms with E-state index >= 15 is 0 Å². The summed E-state index contributed by atoms with van der Waals surface area (Å²) in [5.41, 5.74) is 0.435. The maximum Gasteiger partial charge on any atom is 0.513 e. The topological polar surface area (TPSA) is 35.5 Å². The second-order valence-corrected chi connectivity index (χ2v) is 3.18. The fourth-order valence-electron chi connectivity index (χ4n) is 0.645. The molecule has 92 valence electrons. The second kappa shape index (κ2) is 6.98. The molecule has 0 aromatic carbocycles. The van der Waals surface area contributed by atoms with E-state index in [0.717, 1.165) is 0 Å². The van der Waals surface area contributed by atoms with Gasteiger partial charge in [0.2, 0.25) is 0 Å². The van der Waals surface area contributed by atoms with Gasteiger partial charge in [0.15, 0.2) is 0 Å². The molecule has 0 saturated heterocycles. The molecule has 16 heavy (non-hydrogen) atoms. The molecule has 2 atom stereocenters. The molecular formula is C11H16F2O3. The van der Waals surface area contributed by atoms with Crippen LogP contribution in [0.15, 0.2) is 23.3 Å². The van der Waals surface area contributed by atoms with Crippen LogP contribution >= 0.6 is 0 Å². The zero-order valence-electron chi connectivity index (χ0n) is 9.79. The molecule has 5 heteroatoms. The molecule has 0 rings (SSSR count). The van der Waals surface area contributed by atoms with Crippen LogP contribution in [0, 0.1) is 0 Å². The molecule has 0 amide bonds. The van der Waals surface area contributed by atoms with Crippen LogP contribution in [0.5, 0.6) is 0 Å². The van der Waals surface area contributed by atoms with Crippen molar-refractivity contribution in [3.63, 3.8) is 0 Å². The Hall–Kier alpha value is -1.39. The quantitative estimate of drug-likeness (QED) is 0.550. The van der Waals surface area contributed by atoms with E-state index in [1.54, 1.807) is 13.8 Å². The molecule has 0 aliphatic carbocycles. The molecule has 0 saturated carbocycles. The second-order valence-electron chi connectivity index (χ2n) is 3.18. The Balaban J connectivity index is 4.19. The lowest BCUT2D eigenvalue weighted by molar-refractivity contribution is -0.0509. The van der Waals surface area contributed by atoms with Gasteiger partial charge in [0, 0.05) is 0 Å². The van der Waals surface area contributed by atoms with Crippen LogP contribution < -0.4 is 0 Å². The monoisotopic (exact) mass is 234 g/mol. The molecule has 0 aliphatic rings. The summed E-state index contributed by atoms with van der Waals surface area (Å²) in [7, 11) is 0. The maximum absolute atomic E-state index is 13.1. The third-order valence-electron chi connectivity index (χ3n) is 2.03. The van der Waals surface area contributed by atoms with Crippen LogP contribution in [0.25, 0.3) is 0 Å². The van der Waals surface area contributed by atoms with Crippen LogP contribution in [0.2, 0.25) is 0 Å². The van der Waals surface area contributed by atoms with Gasteiger partial charge in [0.1, 0.15) is 0 Å². The largest absolute Gasteiger partial charge is 0.513 e. The number of carbonyl (C=O) groups is 1. The van der Waals surface area contributed by atoms with Crippen molar-refractivity contribution in [3.8, 4) is 0 Å². The van der Waals surface area contributed by atoms with Crippen LogP contribution in [-0.4, -0.2) is 18.9 Å². The van der Waals surface area contributed by atoms with Gasteiger partial charge in [-0.3, -0.25) is 0 Å². The Morgan fingerprint density at radius 2 is 1.31 bits per heavy atom. The Morgan fingerprint density at radius 1 is 1.00 bits per heavy atom. The number of rotatable bonds is 4. The molecule has 0 aromatic heterocycles. The van der Waals surface area contributed by atoms with E-state index in [1.165, 1.54) is 26.0 Å². The number of ether oxygens (including phenoxy) is 2. The predicted octanol–water partition coefficient (Wildman–Crippen LogP) is 3.66. The van der Waals surface area contributed by atoms with Gasteiger partial charge in [-0.1, -0.05) is 12.2 Å². The Bertz CT molecular complexity index is 270. The van der Waals surface area contributed by atoms with Gasteiger partial charge < -0.3 is 9.47 Å². The van der Waals surface area contributed by atoms with E-state index in [2.05, 4.69) is 9.47 Å². The number of hydrogen-bond acceptors (Lipinski definition) is 3. The van der Waals surface area contributed by atoms with Gasteiger partial charge in [-0.2, -0.15) is 8.78 Å². The third kappa shape index (κ3) is 4.91. The van der Waals surface area contributed by atoms with Gasteiger partial charge in [0.25, 0.3) is 12.7 Å². The van der Waals surface area contributed by atoms with E-state index in [0.29, 0.717) is 0 Å². The van der Waals surface area contributed by atoms with Crippen molar-refractivity contribution in [1.29, 1.82) is 0 Å². The normalized spacial score (nSPS) is 16.6. The fraction of sp³-hybridized carbons (Fsp3) is 0.545. The molecule has 0 heterocycles. The summed E-state index contributed by atoms with van der Waals surface area (Å²) >= 11 is 0. The van der Waals surface area contributed by atoms with Crippen LogP contribution in [0.1, 0.15) is 27.7 Å². The van der Waals surface area contributed by atoms with E-state index < -0.39 is 18.9 Å². The standard InChI is InChI=1S/C11H16F2O3/c1-5-7(3)9(12)15-11(14)16-10(13)8(4)6-2/h5-6,9-10H,1-4H3. The number of carbonyl (C=O) groups excluding carboxylic acids is 1. The fourth-order valence-corrected chi connectivity index (χ4v) is 0.645. The number of alkyl halides is 2. The summed E-state index contributed by atoms with van der Waals surface area (Å²) in [6.45, 7) is 6.08. The van der Waals surface area contributed by atoms with Crippen molar-refractivity contribution in [1.82, 2.24) is 0 Å². The molecule has 0 aromatic rings. The highest BCUT2D eigenvalue weighted by molar-refractivity contribution is 5.60. The van der Waals surface area contributed by atoms with E-state index in [-0.39, 0.29) is 11.1 Å². The Kier molecular flexibility index (Phi) is 6.37. The van der Waals surface area contributed by atoms with Crippen molar-refractivity contribution in [2.75, 3.05) is 0 Å². The Labute approximate surface area is 93.7 Å². The van der Waals surface area contributed by atoms with Crippen molar-refractivity contribution >= 4 is 6.16 Å². The summed E-state index contributed by atoms with van der Waals surface area (Å²) in [6, 6.07) is 0. The highest BCUT2D eigenvalue weighted by Crippen LogP contribution is 2.12. The summed E-state index contributed by atoms with van der Waals surface area (Å²) in [5, 5.41) is 0. The average molecular weight is 234 g/mol. The smallest absolute Gasteiger partial charge is 0.396 e. The lowest BCUT2D eigenvalue weighted by Crippen LogP contribution is -2.20. The molecule has 0 N–H and O–H groups in total. The molecular weight excluding hydrogens is 218 g/mol.